The molecule has 2 atom stereocenters. The van der Waals surface area contributed by atoms with E-state index in [9.17, 15) is 0 Å². The minimum atomic E-state index is 0.537. The zero-order valence-corrected chi connectivity index (χ0v) is 12.6. The van der Waals surface area contributed by atoms with Crippen LogP contribution >= 0.6 is 0 Å². The van der Waals surface area contributed by atoms with Crippen LogP contribution in [0.1, 0.15) is 58.1 Å². The highest BCUT2D eigenvalue weighted by atomic mass is 15.3. The zero-order valence-electron chi connectivity index (χ0n) is 12.6. The van der Waals surface area contributed by atoms with E-state index in [1.807, 2.05) is 11.7 Å². The molecule has 2 rings (SSSR count). The summed E-state index contributed by atoms with van der Waals surface area (Å²) in [6, 6.07) is 0.537. The summed E-state index contributed by atoms with van der Waals surface area (Å²) in [5, 5.41) is 8.20. The number of aromatic nitrogens is 2. The smallest absolute Gasteiger partial charge is 0.148 e. The van der Waals surface area contributed by atoms with E-state index in [4.69, 9.17) is 5.73 Å². The second-order valence-electron chi connectivity index (χ2n) is 5.95. The molecule has 0 aromatic carbocycles. The largest absolute Gasteiger partial charge is 0.394 e. The number of rotatable bonds is 4. The Labute approximate surface area is 116 Å². The number of anilines is 2. The molecule has 2 unspecified atom stereocenters. The van der Waals surface area contributed by atoms with Crippen molar-refractivity contribution in [2.75, 3.05) is 11.1 Å². The molecular weight excluding hydrogens is 236 g/mol. The first-order valence-corrected chi connectivity index (χ1v) is 7.71. The van der Waals surface area contributed by atoms with Gasteiger partial charge in [-0.2, -0.15) is 5.10 Å². The topological polar surface area (TPSA) is 55.9 Å². The summed E-state index contributed by atoms with van der Waals surface area (Å²) in [5.74, 6) is 1.73. The second kappa shape index (κ2) is 6.31. The Morgan fingerprint density at radius 1 is 1.32 bits per heavy atom. The fourth-order valence-electron chi connectivity index (χ4n) is 3.07. The van der Waals surface area contributed by atoms with Crippen molar-refractivity contribution in [3.05, 3.63) is 5.69 Å². The summed E-state index contributed by atoms with van der Waals surface area (Å²) in [6.45, 7) is 4.51. The SMILES string of the molecule is CCCc1nn(C)c(NC2CCCCCC2C)c1N. The first-order valence-electron chi connectivity index (χ1n) is 7.71. The summed E-state index contributed by atoms with van der Waals surface area (Å²) in [6.07, 6.45) is 8.65. The molecule has 1 aromatic heterocycles. The minimum absolute atomic E-state index is 0.537. The van der Waals surface area contributed by atoms with E-state index in [0.29, 0.717) is 12.0 Å². The highest BCUT2D eigenvalue weighted by molar-refractivity contribution is 5.65. The van der Waals surface area contributed by atoms with Crippen molar-refractivity contribution in [1.29, 1.82) is 0 Å². The third kappa shape index (κ3) is 3.23. The Balaban J connectivity index is 2.13. The van der Waals surface area contributed by atoms with E-state index in [2.05, 4.69) is 24.3 Å². The first-order chi connectivity index (χ1) is 9.13. The van der Waals surface area contributed by atoms with Crippen LogP contribution in [0.2, 0.25) is 0 Å². The second-order valence-corrected chi connectivity index (χ2v) is 5.95. The standard InChI is InChI=1S/C15H28N4/c1-4-8-13-14(16)15(19(3)18-13)17-12-10-7-5-6-9-11(12)2/h11-12,17H,4-10,16H2,1-3H3. The average molecular weight is 264 g/mol. The molecule has 108 valence electrons. The van der Waals surface area contributed by atoms with Gasteiger partial charge in [-0.1, -0.05) is 39.5 Å². The molecule has 0 amide bonds. The van der Waals surface area contributed by atoms with Gasteiger partial charge in [0.15, 0.2) is 0 Å². The highest BCUT2D eigenvalue weighted by Gasteiger charge is 2.22. The summed E-state index contributed by atoms with van der Waals surface area (Å²) < 4.78 is 1.91. The molecule has 4 nitrogen and oxygen atoms in total. The predicted octanol–water partition coefficient (Wildman–Crippen LogP) is 3.34. The van der Waals surface area contributed by atoms with Crippen LogP contribution in [0, 0.1) is 5.92 Å². The van der Waals surface area contributed by atoms with Crippen LogP contribution in [0.15, 0.2) is 0 Å². The average Bonchev–Trinajstić information content (AvgIpc) is 2.55. The molecule has 1 aliphatic carbocycles. The summed E-state index contributed by atoms with van der Waals surface area (Å²) in [4.78, 5) is 0. The summed E-state index contributed by atoms with van der Waals surface area (Å²) >= 11 is 0. The lowest BCUT2D eigenvalue weighted by Gasteiger charge is -2.24. The Kier molecular flexibility index (Phi) is 4.72. The van der Waals surface area contributed by atoms with Crippen LogP contribution in [0.25, 0.3) is 0 Å². The fourth-order valence-corrected chi connectivity index (χ4v) is 3.07. The molecule has 1 saturated carbocycles. The lowest BCUT2D eigenvalue weighted by molar-refractivity contribution is 0.454. The van der Waals surface area contributed by atoms with Gasteiger partial charge < -0.3 is 11.1 Å². The Bertz CT molecular complexity index is 411. The van der Waals surface area contributed by atoms with Gasteiger partial charge in [0, 0.05) is 13.1 Å². The molecule has 19 heavy (non-hydrogen) atoms. The third-order valence-corrected chi connectivity index (χ3v) is 4.33. The van der Waals surface area contributed by atoms with Gasteiger partial charge in [0.1, 0.15) is 5.82 Å². The maximum atomic E-state index is 6.25. The van der Waals surface area contributed by atoms with Crippen molar-refractivity contribution in [3.63, 3.8) is 0 Å². The summed E-state index contributed by atoms with van der Waals surface area (Å²) in [7, 11) is 1.99. The lowest BCUT2D eigenvalue weighted by atomic mass is 9.97. The molecule has 1 heterocycles. The Hall–Kier alpha value is -1.19. The molecular formula is C15H28N4. The molecule has 0 spiro atoms. The van der Waals surface area contributed by atoms with E-state index in [1.165, 1.54) is 32.1 Å². The van der Waals surface area contributed by atoms with Gasteiger partial charge in [0.2, 0.25) is 0 Å². The molecule has 1 aliphatic rings. The van der Waals surface area contributed by atoms with Crippen LogP contribution in [-0.4, -0.2) is 15.8 Å². The van der Waals surface area contributed by atoms with Gasteiger partial charge in [-0.15, -0.1) is 0 Å². The molecule has 0 bridgehead atoms. The van der Waals surface area contributed by atoms with Crippen molar-refractivity contribution >= 4 is 11.5 Å². The number of aryl methyl sites for hydroxylation is 2. The Morgan fingerprint density at radius 3 is 2.79 bits per heavy atom. The number of nitrogen functional groups attached to an aromatic ring is 1. The van der Waals surface area contributed by atoms with Crippen molar-refractivity contribution in [2.45, 2.75) is 64.8 Å². The third-order valence-electron chi connectivity index (χ3n) is 4.33. The molecule has 0 aliphatic heterocycles. The predicted molar refractivity (Wildman–Crippen MR) is 81.3 cm³/mol. The van der Waals surface area contributed by atoms with Gasteiger partial charge in [-0.25, -0.2) is 0 Å². The van der Waals surface area contributed by atoms with Gasteiger partial charge >= 0.3 is 0 Å². The molecule has 0 saturated heterocycles. The van der Waals surface area contributed by atoms with E-state index < -0.39 is 0 Å². The van der Waals surface area contributed by atoms with Crippen molar-refractivity contribution in [1.82, 2.24) is 9.78 Å². The molecule has 1 fully saturated rings. The normalized spacial score (nSPS) is 24.2. The molecule has 0 radical (unpaired) electrons. The van der Waals surface area contributed by atoms with Gasteiger partial charge in [-0.3, -0.25) is 4.68 Å². The lowest BCUT2D eigenvalue weighted by Crippen LogP contribution is -2.27. The van der Waals surface area contributed by atoms with Gasteiger partial charge in [0.25, 0.3) is 0 Å². The Morgan fingerprint density at radius 2 is 2.05 bits per heavy atom. The monoisotopic (exact) mass is 264 g/mol. The first kappa shape index (κ1) is 14.2. The number of hydrogen-bond donors (Lipinski definition) is 2. The number of nitrogens with zero attached hydrogens (tertiary/aromatic N) is 2. The number of nitrogens with two attached hydrogens (primary N) is 1. The van der Waals surface area contributed by atoms with Crippen LogP contribution in [0.4, 0.5) is 11.5 Å². The van der Waals surface area contributed by atoms with Crippen LogP contribution in [0.3, 0.4) is 0 Å². The van der Waals surface area contributed by atoms with E-state index in [0.717, 1.165) is 30.0 Å². The van der Waals surface area contributed by atoms with Crippen molar-refractivity contribution < 1.29 is 0 Å². The number of nitrogens with one attached hydrogen (secondary N) is 1. The van der Waals surface area contributed by atoms with E-state index >= 15 is 0 Å². The van der Waals surface area contributed by atoms with Crippen LogP contribution < -0.4 is 11.1 Å². The molecule has 3 N–H and O–H groups in total. The van der Waals surface area contributed by atoms with E-state index in [1.54, 1.807) is 0 Å². The zero-order chi connectivity index (χ0) is 13.8. The summed E-state index contributed by atoms with van der Waals surface area (Å²) in [5.41, 5.74) is 8.13. The minimum Gasteiger partial charge on any atom is -0.394 e. The fraction of sp³-hybridized carbons (Fsp3) is 0.800. The number of hydrogen-bond acceptors (Lipinski definition) is 3. The maximum absolute atomic E-state index is 6.25. The molecule has 1 aromatic rings. The van der Waals surface area contributed by atoms with Crippen molar-refractivity contribution in [2.24, 2.45) is 13.0 Å². The van der Waals surface area contributed by atoms with Gasteiger partial charge in [0.05, 0.1) is 11.4 Å². The van der Waals surface area contributed by atoms with Crippen molar-refractivity contribution in [3.8, 4) is 0 Å². The quantitative estimate of drug-likeness (QED) is 0.820. The van der Waals surface area contributed by atoms with Gasteiger partial charge in [-0.05, 0) is 25.2 Å². The highest BCUT2D eigenvalue weighted by Crippen LogP contribution is 2.29. The van der Waals surface area contributed by atoms with E-state index in [-0.39, 0.29) is 0 Å². The molecule has 4 heteroatoms. The van der Waals surface area contributed by atoms with Crippen LogP contribution in [0.5, 0.6) is 0 Å². The maximum Gasteiger partial charge on any atom is 0.148 e. The van der Waals surface area contributed by atoms with Crippen LogP contribution in [-0.2, 0) is 13.5 Å².